The number of halogens is 5. The van der Waals surface area contributed by atoms with Gasteiger partial charge in [0.25, 0.3) is 15.9 Å². The lowest BCUT2D eigenvalue weighted by atomic mass is 10.1. The van der Waals surface area contributed by atoms with Crippen molar-refractivity contribution in [2.24, 2.45) is 0 Å². The molecule has 6 nitrogen and oxygen atoms in total. The topological polar surface area (TPSA) is 83.6 Å². The highest BCUT2D eigenvalue weighted by atomic mass is 32.2. The number of amides is 2. The largest absolute Gasteiger partial charge is 0.307 e. The van der Waals surface area contributed by atoms with Crippen LogP contribution in [0.2, 0.25) is 0 Å². The van der Waals surface area contributed by atoms with Crippen molar-refractivity contribution in [3.05, 3.63) is 100 Å². The molecule has 0 saturated heterocycles. The van der Waals surface area contributed by atoms with Crippen LogP contribution in [0.4, 0.5) is 27.6 Å². The molecule has 186 valence electrons. The summed E-state index contributed by atoms with van der Waals surface area (Å²) in [5.41, 5.74) is 1.60. The number of para-hydroxylation sites is 1. The Balaban J connectivity index is 1.58. The molecule has 0 aliphatic carbocycles. The third-order valence-corrected chi connectivity index (χ3v) is 6.66. The van der Waals surface area contributed by atoms with Crippen LogP contribution in [-0.2, 0) is 32.6 Å². The van der Waals surface area contributed by atoms with Gasteiger partial charge in [0.15, 0.2) is 23.3 Å². The van der Waals surface area contributed by atoms with Gasteiger partial charge in [-0.15, -0.1) is 0 Å². The molecule has 2 amide bonds. The number of carbonyl (C=O) groups is 2. The number of rotatable bonds is 6. The number of benzene rings is 3. The third kappa shape index (κ3) is 4.98. The normalized spacial score (nSPS) is 13.4. The van der Waals surface area contributed by atoms with Crippen molar-refractivity contribution in [2.45, 2.75) is 17.9 Å². The van der Waals surface area contributed by atoms with Gasteiger partial charge in [-0.25, -0.2) is 35.1 Å². The van der Waals surface area contributed by atoms with Crippen molar-refractivity contribution in [3.8, 4) is 0 Å². The zero-order valence-corrected chi connectivity index (χ0v) is 18.9. The molecule has 1 aliphatic heterocycles. The molecule has 0 atom stereocenters. The van der Waals surface area contributed by atoms with Crippen LogP contribution in [0, 0.1) is 29.1 Å². The first kappa shape index (κ1) is 25.0. The van der Waals surface area contributed by atoms with E-state index in [1.54, 1.807) is 12.1 Å². The van der Waals surface area contributed by atoms with Gasteiger partial charge >= 0.3 is 0 Å². The molecule has 0 aromatic heterocycles. The Bertz CT molecular complexity index is 1540. The van der Waals surface area contributed by atoms with Gasteiger partial charge in [-0.2, -0.15) is 0 Å². The maximum absolute atomic E-state index is 13.8. The van der Waals surface area contributed by atoms with Crippen LogP contribution < -0.4 is 9.62 Å². The van der Waals surface area contributed by atoms with Gasteiger partial charge in [0.05, 0.1) is 18.7 Å². The first-order chi connectivity index (χ1) is 17.0. The van der Waals surface area contributed by atoms with Crippen molar-refractivity contribution in [1.82, 2.24) is 4.72 Å². The molecule has 0 fully saturated rings. The maximum atomic E-state index is 13.8. The Morgan fingerprint density at radius 3 is 2.33 bits per heavy atom. The molecule has 1 aliphatic rings. The van der Waals surface area contributed by atoms with Crippen LogP contribution in [-0.4, -0.2) is 20.2 Å². The van der Waals surface area contributed by atoms with E-state index in [9.17, 15) is 40.0 Å². The minimum Gasteiger partial charge on any atom is -0.307 e. The smallest absolute Gasteiger partial charge is 0.267 e. The molecule has 3 aromatic rings. The van der Waals surface area contributed by atoms with Crippen molar-refractivity contribution >= 4 is 33.6 Å². The molecule has 1 heterocycles. The van der Waals surface area contributed by atoms with E-state index in [2.05, 4.69) is 0 Å². The van der Waals surface area contributed by atoms with Crippen LogP contribution in [0.15, 0.2) is 59.5 Å². The predicted octanol–water partition coefficient (Wildman–Crippen LogP) is 3.99. The van der Waals surface area contributed by atoms with E-state index >= 15 is 0 Å². The van der Waals surface area contributed by atoms with E-state index in [4.69, 9.17) is 0 Å². The molecule has 0 unspecified atom stereocenters. The quantitative estimate of drug-likeness (QED) is 0.302. The van der Waals surface area contributed by atoms with Gasteiger partial charge in [-0.05, 0) is 34.9 Å². The van der Waals surface area contributed by atoms with Crippen molar-refractivity contribution in [3.63, 3.8) is 0 Å². The lowest BCUT2D eigenvalue weighted by molar-refractivity contribution is -0.117. The number of carbonyl (C=O) groups excluding carboxylic acids is 2. The Morgan fingerprint density at radius 1 is 0.917 bits per heavy atom. The lowest BCUT2D eigenvalue weighted by Gasteiger charge is -2.20. The monoisotopic (exact) mass is 522 g/mol. The number of hydrogen-bond acceptors (Lipinski definition) is 4. The summed E-state index contributed by atoms with van der Waals surface area (Å²) in [6.45, 7) is -0.0934. The molecule has 0 spiro atoms. The maximum Gasteiger partial charge on any atom is 0.267 e. The fourth-order valence-corrected chi connectivity index (χ4v) is 4.70. The van der Waals surface area contributed by atoms with Crippen LogP contribution >= 0.6 is 0 Å². The van der Waals surface area contributed by atoms with E-state index in [1.807, 2.05) is 0 Å². The van der Waals surface area contributed by atoms with Crippen LogP contribution in [0.1, 0.15) is 16.7 Å². The number of anilines is 1. The fraction of sp³-hybridized carbons (Fsp3) is 0.0833. The fourth-order valence-electron chi connectivity index (χ4n) is 3.69. The predicted molar refractivity (Wildman–Crippen MR) is 118 cm³/mol. The standard InChI is InChI=1S/C24H15F5N2O4S/c25-16-6-4-13(8-17(16)26)12-31-23(33)9-15-3-1-2-14(24(15)31)5-7-22(32)30-36(34,35)21-11-19(28)18(27)10-20(21)29/h1-8,10-11H,9,12H2,(H,30,32)/b7-5+. The Hall–Kier alpha value is -4.06. The first-order valence-corrected chi connectivity index (χ1v) is 11.7. The third-order valence-electron chi connectivity index (χ3n) is 5.30. The van der Waals surface area contributed by atoms with E-state index in [0.717, 1.165) is 18.2 Å². The molecule has 1 N–H and O–H groups in total. The number of nitrogens with one attached hydrogen (secondary N) is 1. The summed E-state index contributed by atoms with van der Waals surface area (Å²) in [7, 11) is -4.88. The highest BCUT2D eigenvalue weighted by Gasteiger charge is 2.29. The van der Waals surface area contributed by atoms with E-state index in [-0.39, 0.29) is 31.0 Å². The minimum atomic E-state index is -4.88. The van der Waals surface area contributed by atoms with E-state index < -0.39 is 49.9 Å². The molecular formula is C24H15F5N2O4S. The van der Waals surface area contributed by atoms with Crippen LogP contribution in [0.5, 0.6) is 0 Å². The summed E-state index contributed by atoms with van der Waals surface area (Å²) in [5, 5.41) is 0. The minimum absolute atomic E-state index is 0.0106. The molecule has 4 rings (SSSR count). The number of nitrogens with zero attached hydrogens (tertiary/aromatic N) is 1. The average Bonchev–Trinajstić information content (AvgIpc) is 3.12. The van der Waals surface area contributed by atoms with Crippen molar-refractivity contribution < 1.29 is 40.0 Å². The number of fused-ring (bicyclic) bond motifs is 1. The van der Waals surface area contributed by atoms with Crippen LogP contribution in [0.25, 0.3) is 6.08 Å². The summed E-state index contributed by atoms with van der Waals surface area (Å²) in [5.74, 6) is -8.50. The van der Waals surface area contributed by atoms with Gasteiger partial charge in [0.1, 0.15) is 10.7 Å². The summed E-state index contributed by atoms with van der Waals surface area (Å²) in [6.07, 6.45) is 2.00. The second kappa shape index (κ2) is 9.53. The van der Waals surface area contributed by atoms with Gasteiger partial charge < -0.3 is 4.90 Å². The molecule has 3 aromatic carbocycles. The van der Waals surface area contributed by atoms with Gasteiger partial charge in [0, 0.05) is 18.2 Å². The summed E-state index contributed by atoms with van der Waals surface area (Å²) in [4.78, 5) is 24.9. The molecule has 0 bridgehead atoms. The number of sulfonamides is 1. The van der Waals surface area contributed by atoms with E-state index in [0.29, 0.717) is 22.4 Å². The van der Waals surface area contributed by atoms with Crippen molar-refractivity contribution in [2.75, 3.05) is 4.90 Å². The Kier molecular flexibility index (Phi) is 6.63. The number of hydrogen-bond donors (Lipinski definition) is 1. The van der Waals surface area contributed by atoms with Gasteiger partial charge in [-0.1, -0.05) is 24.3 Å². The zero-order valence-electron chi connectivity index (χ0n) is 18.1. The van der Waals surface area contributed by atoms with E-state index in [1.165, 1.54) is 27.8 Å². The SMILES string of the molecule is O=C(/C=C/c1cccc2c1N(Cc1ccc(F)c(F)c1)C(=O)C2)NS(=O)(=O)c1cc(F)c(F)cc1F. The van der Waals surface area contributed by atoms with Crippen molar-refractivity contribution in [1.29, 1.82) is 0 Å². The molecular weight excluding hydrogens is 507 g/mol. The lowest BCUT2D eigenvalue weighted by Crippen LogP contribution is -2.30. The Morgan fingerprint density at radius 2 is 1.61 bits per heavy atom. The Labute approximate surface area is 201 Å². The highest BCUT2D eigenvalue weighted by molar-refractivity contribution is 7.90. The molecule has 0 saturated carbocycles. The first-order valence-electron chi connectivity index (χ1n) is 10.2. The molecule has 0 radical (unpaired) electrons. The second-order valence-corrected chi connectivity index (χ2v) is 9.41. The molecule has 36 heavy (non-hydrogen) atoms. The van der Waals surface area contributed by atoms with Crippen LogP contribution in [0.3, 0.4) is 0 Å². The van der Waals surface area contributed by atoms with Gasteiger partial charge in [-0.3, -0.25) is 9.59 Å². The summed E-state index contributed by atoms with van der Waals surface area (Å²) in [6, 6.07) is 8.13. The average molecular weight is 522 g/mol. The summed E-state index contributed by atoms with van der Waals surface area (Å²) >= 11 is 0. The van der Waals surface area contributed by atoms with Gasteiger partial charge in [0.2, 0.25) is 5.91 Å². The highest BCUT2D eigenvalue weighted by Crippen LogP contribution is 2.34. The zero-order chi connectivity index (χ0) is 26.2. The second-order valence-electron chi connectivity index (χ2n) is 7.76. The molecule has 12 heteroatoms. The summed E-state index contributed by atoms with van der Waals surface area (Å²) < 4.78 is 93.3.